The monoisotopic (exact) mass is 343 g/mol. The van der Waals surface area contributed by atoms with E-state index in [4.69, 9.17) is 15.2 Å². The van der Waals surface area contributed by atoms with E-state index in [1.807, 2.05) is 0 Å². The van der Waals surface area contributed by atoms with Crippen LogP contribution < -0.4 is 15.4 Å². The molecule has 7 heteroatoms. The number of rotatable bonds is 6. The average molecular weight is 343 g/mol. The fourth-order valence-electron chi connectivity index (χ4n) is 2.75. The van der Waals surface area contributed by atoms with Crippen LogP contribution in [0.15, 0.2) is 42.5 Å². The van der Waals surface area contributed by atoms with E-state index in [2.05, 4.69) is 29.2 Å². The van der Waals surface area contributed by atoms with Crippen LogP contribution in [0.25, 0.3) is 0 Å². The molecule has 1 aliphatic heterocycles. The molecule has 0 aromatic heterocycles. The van der Waals surface area contributed by atoms with Gasteiger partial charge < -0.3 is 20.1 Å². The Morgan fingerprint density at radius 2 is 1.88 bits per heavy atom. The van der Waals surface area contributed by atoms with Crippen molar-refractivity contribution in [1.29, 1.82) is 0 Å². The van der Waals surface area contributed by atoms with Crippen LogP contribution in [0.5, 0.6) is 5.75 Å². The smallest absolute Gasteiger partial charge is 0.295 e. The van der Waals surface area contributed by atoms with Crippen LogP contribution >= 0.6 is 0 Å². The number of nitro groups is 1. The highest BCUT2D eigenvalue weighted by Gasteiger charge is 2.13. The van der Waals surface area contributed by atoms with E-state index in [0.29, 0.717) is 12.4 Å². The van der Waals surface area contributed by atoms with Crippen LogP contribution in [0.3, 0.4) is 0 Å². The van der Waals surface area contributed by atoms with Crippen molar-refractivity contribution < 1.29 is 14.4 Å². The molecule has 0 bridgehead atoms. The molecule has 3 rings (SSSR count). The summed E-state index contributed by atoms with van der Waals surface area (Å²) in [5, 5.41) is 10.9. The molecule has 0 spiro atoms. The van der Waals surface area contributed by atoms with Gasteiger partial charge in [-0.05, 0) is 29.8 Å². The minimum Gasteiger partial charge on any atom is -0.493 e. The number of hydrogen-bond donors (Lipinski definition) is 1. The highest BCUT2D eigenvalue weighted by atomic mass is 16.6. The van der Waals surface area contributed by atoms with Gasteiger partial charge in [0.25, 0.3) is 5.69 Å². The summed E-state index contributed by atoms with van der Waals surface area (Å²) in [4.78, 5) is 12.7. The molecular formula is C18H21N3O4. The van der Waals surface area contributed by atoms with Crippen molar-refractivity contribution in [2.24, 2.45) is 0 Å². The quantitative estimate of drug-likeness (QED) is 0.492. The zero-order chi connectivity index (χ0) is 17.6. The van der Waals surface area contributed by atoms with Crippen molar-refractivity contribution in [2.45, 2.75) is 6.42 Å². The molecule has 0 saturated carbocycles. The van der Waals surface area contributed by atoms with E-state index in [1.165, 1.54) is 17.8 Å². The van der Waals surface area contributed by atoms with Gasteiger partial charge in [0.1, 0.15) is 11.4 Å². The molecule has 0 aliphatic carbocycles. The van der Waals surface area contributed by atoms with Gasteiger partial charge in [-0.25, -0.2) is 0 Å². The standard InChI is InChI=1S/C18H21N3O4/c19-17-6-5-16(13-18(17)21(22)23)25-10-7-14-1-3-15(4-2-14)20-8-11-24-12-9-20/h1-6,13H,7-12,19H2. The lowest BCUT2D eigenvalue weighted by molar-refractivity contribution is -0.384. The summed E-state index contributed by atoms with van der Waals surface area (Å²) in [7, 11) is 0. The molecule has 2 aromatic carbocycles. The topological polar surface area (TPSA) is 90.9 Å². The highest BCUT2D eigenvalue weighted by Crippen LogP contribution is 2.26. The van der Waals surface area contributed by atoms with Gasteiger partial charge in [0.05, 0.1) is 30.8 Å². The van der Waals surface area contributed by atoms with Crippen molar-refractivity contribution in [1.82, 2.24) is 0 Å². The van der Waals surface area contributed by atoms with Crippen molar-refractivity contribution >= 4 is 17.1 Å². The Hall–Kier alpha value is -2.80. The first-order valence-electron chi connectivity index (χ1n) is 8.22. The largest absolute Gasteiger partial charge is 0.493 e. The third kappa shape index (κ3) is 4.39. The predicted octanol–water partition coefficient (Wildman–Crippen LogP) is 2.64. The number of anilines is 2. The fraction of sp³-hybridized carbons (Fsp3) is 0.333. The number of hydrogen-bond acceptors (Lipinski definition) is 6. The first kappa shape index (κ1) is 17.0. The Labute approximate surface area is 146 Å². The molecule has 0 atom stereocenters. The van der Waals surface area contributed by atoms with Crippen molar-refractivity contribution in [2.75, 3.05) is 43.5 Å². The van der Waals surface area contributed by atoms with Crippen molar-refractivity contribution in [3.8, 4) is 5.75 Å². The molecule has 1 aliphatic rings. The number of nitro benzene ring substituents is 1. The van der Waals surface area contributed by atoms with Crippen molar-refractivity contribution in [3.05, 3.63) is 58.1 Å². The van der Waals surface area contributed by atoms with Crippen molar-refractivity contribution in [3.63, 3.8) is 0 Å². The second-order valence-corrected chi connectivity index (χ2v) is 5.84. The highest BCUT2D eigenvalue weighted by molar-refractivity contribution is 5.60. The summed E-state index contributed by atoms with van der Waals surface area (Å²) in [6.45, 7) is 3.81. The molecule has 0 radical (unpaired) electrons. The number of nitrogens with zero attached hydrogens (tertiary/aromatic N) is 2. The Bertz CT molecular complexity index is 728. The molecule has 1 fully saturated rings. The Morgan fingerprint density at radius 3 is 2.56 bits per heavy atom. The summed E-state index contributed by atoms with van der Waals surface area (Å²) in [6.07, 6.45) is 0.724. The summed E-state index contributed by atoms with van der Waals surface area (Å²) < 4.78 is 11.0. The SMILES string of the molecule is Nc1ccc(OCCc2ccc(N3CCOCC3)cc2)cc1[N+](=O)[O-]. The first-order chi connectivity index (χ1) is 12.1. The van der Waals surface area contributed by atoms with E-state index >= 15 is 0 Å². The van der Waals surface area contributed by atoms with Crippen LogP contribution in [0.2, 0.25) is 0 Å². The van der Waals surface area contributed by atoms with Crippen LogP contribution in [0.1, 0.15) is 5.56 Å². The molecule has 7 nitrogen and oxygen atoms in total. The summed E-state index contributed by atoms with van der Waals surface area (Å²) >= 11 is 0. The predicted molar refractivity (Wildman–Crippen MR) is 96.2 cm³/mol. The maximum atomic E-state index is 10.9. The van der Waals surface area contributed by atoms with E-state index in [-0.39, 0.29) is 11.4 Å². The number of ether oxygens (including phenoxy) is 2. The van der Waals surface area contributed by atoms with Gasteiger partial charge in [-0.3, -0.25) is 10.1 Å². The molecule has 1 heterocycles. The molecule has 0 unspecified atom stereocenters. The summed E-state index contributed by atoms with van der Waals surface area (Å²) in [5.41, 5.74) is 7.93. The van der Waals surface area contributed by atoms with Crippen LogP contribution in [0, 0.1) is 10.1 Å². The van der Waals surface area contributed by atoms with E-state index in [1.54, 1.807) is 6.07 Å². The van der Waals surface area contributed by atoms with E-state index in [0.717, 1.165) is 38.3 Å². The molecule has 2 aromatic rings. The maximum Gasteiger partial charge on any atom is 0.295 e. The number of morpholine rings is 1. The van der Waals surface area contributed by atoms with Gasteiger partial charge in [-0.15, -0.1) is 0 Å². The van der Waals surface area contributed by atoms with Crippen LogP contribution in [0.4, 0.5) is 17.1 Å². The maximum absolute atomic E-state index is 10.9. The number of nitrogens with two attached hydrogens (primary N) is 1. The second kappa shape index (κ2) is 7.85. The molecule has 25 heavy (non-hydrogen) atoms. The lowest BCUT2D eigenvalue weighted by Gasteiger charge is -2.28. The Kier molecular flexibility index (Phi) is 5.35. The Balaban J connectivity index is 1.53. The van der Waals surface area contributed by atoms with Gasteiger partial charge in [0.15, 0.2) is 0 Å². The first-order valence-corrected chi connectivity index (χ1v) is 8.22. The van der Waals surface area contributed by atoms with E-state index < -0.39 is 4.92 Å². The van der Waals surface area contributed by atoms with Gasteiger partial charge in [-0.1, -0.05) is 12.1 Å². The zero-order valence-electron chi connectivity index (χ0n) is 13.9. The average Bonchev–Trinajstić information content (AvgIpc) is 2.64. The molecule has 0 amide bonds. The zero-order valence-corrected chi connectivity index (χ0v) is 13.9. The Morgan fingerprint density at radius 1 is 1.16 bits per heavy atom. The van der Waals surface area contributed by atoms with Gasteiger partial charge in [0, 0.05) is 25.2 Å². The normalized spacial score (nSPS) is 14.3. The molecule has 2 N–H and O–H groups in total. The van der Waals surface area contributed by atoms with Crippen LogP contribution in [-0.4, -0.2) is 37.8 Å². The van der Waals surface area contributed by atoms with Gasteiger partial charge in [-0.2, -0.15) is 0 Å². The number of nitrogen functional groups attached to an aromatic ring is 1. The van der Waals surface area contributed by atoms with E-state index in [9.17, 15) is 10.1 Å². The minimum absolute atomic E-state index is 0.132. The summed E-state index contributed by atoms with van der Waals surface area (Å²) in [5.74, 6) is 0.450. The minimum atomic E-state index is -0.507. The van der Waals surface area contributed by atoms with Gasteiger partial charge >= 0.3 is 0 Å². The van der Waals surface area contributed by atoms with Gasteiger partial charge in [0.2, 0.25) is 0 Å². The fourth-order valence-corrected chi connectivity index (χ4v) is 2.75. The molecular weight excluding hydrogens is 322 g/mol. The lowest BCUT2D eigenvalue weighted by atomic mass is 10.1. The molecule has 132 valence electrons. The van der Waals surface area contributed by atoms with Crippen LogP contribution in [-0.2, 0) is 11.2 Å². The molecule has 1 saturated heterocycles. The third-order valence-corrected chi connectivity index (χ3v) is 4.17. The lowest BCUT2D eigenvalue weighted by Crippen LogP contribution is -2.36. The second-order valence-electron chi connectivity index (χ2n) is 5.84. The third-order valence-electron chi connectivity index (χ3n) is 4.17. The number of benzene rings is 2. The summed E-state index contributed by atoms with van der Waals surface area (Å²) in [6, 6.07) is 12.9.